The minimum Gasteiger partial charge on any atom is -0.399 e. The molecule has 0 amide bonds. The molecule has 0 saturated carbocycles. The van der Waals surface area contributed by atoms with E-state index in [1.807, 2.05) is 28.6 Å². The van der Waals surface area contributed by atoms with Gasteiger partial charge >= 0.3 is 0 Å². The number of hydrogen-bond donors (Lipinski definition) is 1. The van der Waals surface area contributed by atoms with E-state index < -0.39 is 0 Å². The molecule has 0 unspecified atom stereocenters. The molecule has 100 valence electrons. The van der Waals surface area contributed by atoms with Crippen LogP contribution in [0.3, 0.4) is 0 Å². The average molecular weight is 275 g/mol. The molecule has 6 heteroatoms. The predicted octanol–water partition coefficient (Wildman–Crippen LogP) is 1.99. The quantitative estimate of drug-likeness (QED) is 0.868. The first-order valence-corrected chi connectivity index (χ1v) is 7.40. The van der Waals surface area contributed by atoms with E-state index in [4.69, 9.17) is 5.73 Å². The molecule has 2 heterocycles. The molecule has 2 N–H and O–H groups in total. The van der Waals surface area contributed by atoms with Crippen molar-refractivity contribution in [3.63, 3.8) is 0 Å². The Kier molecular flexibility index (Phi) is 3.33. The highest BCUT2D eigenvalue weighted by molar-refractivity contribution is 7.99. The maximum Gasteiger partial charge on any atom is 0.146 e. The molecule has 0 spiro atoms. The van der Waals surface area contributed by atoms with Gasteiger partial charge in [0.05, 0.1) is 12.2 Å². The number of nitrogens with zero attached hydrogens (tertiary/aromatic N) is 4. The molecule has 2 aromatic rings. The van der Waals surface area contributed by atoms with Crippen LogP contribution in [0.1, 0.15) is 12.7 Å². The normalized spacial score (nSPS) is 14.5. The van der Waals surface area contributed by atoms with Gasteiger partial charge in [0.2, 0.25) is 0 Å². The summed E-state index contributed by atoms with van der Waals surface area (Å²) in [5.74, 6) is 2.10. The summed E-state index contributed by atoms with van der Waals surface area (Å²) >= 11 is 1.88. The first kappa shape index (κ1) is 12.3. The Bertz CT molecular complexity index is 580. The van der Waals surface area contributed by atoms with Gasteiger partial charge in [0.1, 0.15) is 12.2 Å². The van der Waals surface area contributed by atoms with Gasteiger partial charge in [-0.05, 0) is 25.1 Å². The van der Waals surface area contributed by atoms with Crippen LogP contribution in [-0.4, -0.2) is 27.1 Å². The number of anilines is 2. The number of aromatic nitrogens is 3. The Morgan fingerprint density at radius 2 is 2.32 bits per heavy atom. The summed E-state index contributed by atoms with van der Waals surface area (Å²) in [4.78, 5) is 7.97. The van der Waals surface area contributed by atoms with Gasteiger partial charge in [-0.15, -0.1) is 11.8 Å². The smallest absolute Gasteiger partial charge is 0.146 e. The minimum absolute atomic E-state index is 0.783. The van der Waals surface area contributed by atoms with Gasteiger partial charge in [0, 0.05) is 29.4 Å². The van der Waals surface area contributed by atoms with Crippen molar-refractivity contribution in [2.75, 3.05) is 22.9 Å². The van der Waals surface area contributed by atoms with E-state index in [1.54, 1.807) is 6.33 Å². The number of fused-ring (bicyclic) bond motifs is 1. The Hall–Kier alpha value is -1.69. The fourth-order valence-corrected chi connectivity index (χ4v) is 3.33. The monoisotopic (exact) mass is 275 g/mol. The molecule has 1 aromatic heterocycles. The van der Waals surface area contributed by atoms with Crippen LogP contribution < -0.4 is 10.6 Å². The van der Waals surface area contributed by atoms with Crippen molar-refractivity contribution in [3.8, 4) is 0 Å². The summed E-state index contributed by atoms with van der Waals surface area (Å²) in [6, 6.07) is 6.12. The zero-order valence-electron chi connectivity index (χ0n) is 10.9. The summed E-state index contributed by atoms with van der Waals surface area (Å²) in [5, 5.41) is 4.22. The highest BCUT2D eigenvalue weighted by Crippen LogP contribution is 2.36. The van der Waals surface area contributed by atoms with Crippen molar-refractivity contribution >= 4 is 23.1 Å². The second kappa shape index (κ2) is 5.13. The number of hydrogen-bond acceptors (Lipinski definition) is 5. The lowest BCUT2D eigenvalue weighted by atomic mass is 10.2. The van der Waals surface area contributed by atoms with Gasteiger partial charge < -0.3 is 10.6 Å². The SMILES string of the molecule is CCn1ncnc1CN1CCSc2ccc(N)cc21. The Morgan fingerprint density at radius 1 is 1.42 bits per heavy atom. The Labute approximate surface area is 116 Å². The molecular weight excluding hydrogens is 258 g/mol. The van der Waals surface area contributed by atoms with E-state index in [-0.39, 0.29) is 0 Å². The standard InChI is InChI=1S/C13H17N5S/c1-2-18-13(15-9-16-18)8-17-5-6-19-12-4-3-10(14)7-11(12)17/h3-4,7,9H,2,5-6,8,14H2,1H3. The van der Waals surface area contributed by atoms with Crippen LogP contribution in [-0.2, 0) is 13.1 Å². The molecule has 1 aromatic carbocycles. The molecule has 0 saturated heterocycles. The maximum atomic E-state index is 5.90. The van der Waals surface area contributed by atoms with Crippen LogP contribution in [0.5, 0.6) is 0 Å². The highest BCUT2D eigenvalue weighted by Gasteiger charge is 2.19. The molecule has 3 rings (SSSR count). The summed E-state index contributed by atoms with van der Waals surface area (Å²) < 4.78 is 1.94. The van der Waals surface area contributed by atoms with E-state index in [1.165, 1.54) is 10.6 Å². The van der Waals surface area contributed by atoms with E-state index in [0.29, 0.717) is 0 Å². The van der Waals surface area contributed by atoms with Crippen molar-refractivity contribution in [1.82, 2.24) is 14.8 Å². The van der Waals surface area contributed by atoms with Crippen molar-refractivity contribution in [1.29, 1.82) is 0 Å². The van der Waals surface area contributed by atoms with Crippen LogP contribution in [0, 0.1) is 0 Å². The number of aryl methyl sites for hydroxylation is 1. The zero-order chi connectivity index (χ0) is 13.2. The highest BCUT2D eigenvalue weighted by atomic mass is 32.2. The molecule has 0 bridgehead atoms. The van der Waals surface area contributed by atoms with E-state index in [2.05, 4.69) is 28.0 Å². The zero-order valence-corrected chi connectivity index (χ0v) is 11.7. The van der Waals surface area contributed by atoms with Gasteiger partial charge in [-0.3, -0.25) is 0 Å². The lowest BCUT2D eigenvalue weighted by Gasteiger charge is -2.30. The molecular formula is C13H17N5S. The summed E-state index contributed by atoms with van der Waals surface area (Å²) in [5.41, 5.74) is 7.92. The third kappa shape index (κ3) is 2.40. The van der Waals surface area contributed by atoms with E-state index in [9.17, 15) is 0 Å². The lowest BCUT2D eigenvalue weighted by Crippen LogP contribution is -2.30. The number of thioether (sulfide) groups is 1. The number of nitrogens with two attached hydrogens (primary N) is 1. The number of benzene rings is 1. The second-order valence-electron chi connectivity index (χ2n) is 4.49. The molecule has 1 aliphatic rings. The summed E-state index contributed by atoms with van der Waals surface area (Å²) in [7, 11) is 0. The molecule has 5 nitrogen and oxygen atoms in total. The maximum absolute atomic E-state index is 5.90. The lowest BCUT2D eigenvalue weighted by molar-refractivity contribution is 0.603. The Balaban J connectivity index is 1.89. The molecule has 0 aliphatic carbocycles. The van der Waals surface area contributed by atoms with Crippen LogP contribution in [0.15, 0.2) is 29.4 Å². The third-order valence-corrected chi connectivity index (χ3v) is 4.31. The molecule has 0 fully saturated rings. The van der Waals surface area contributed by atoms with Crippen LogP contribution in [0.2, 0.25) is 0 Å². The van der Waals surface area contributed by atoms with Gasteiger partial charge in [-0.25, -0.2) is 9.67 Å². The van der Waals surface area contributed by atoms with Crippen LogP contribution in [0.4, 0.5) is 11.4 Å². The van der Waals surface area contributed by atoms with E-state index >= 15 is 0 Å². The van der Waals surface area contributed by atoms with Gasteiger partial charge in [-0.1, -0.05) is 0 Å². The summed E-state index contributed by atoms with van der Waals surface area (Å²) in [6.45, 7) is 4.72. The molecule has 0 atom stereocenters. The number of rotatable bonds is 3. The summed E-state index contributed by atoms with van der Waals surface area (Å²) in [6.07, 6.45) is 1.62. The topological polar surface area (TPSA) is 60.0 Å². The molecule has 0 radical (unpaired) electrons. The van der Waals surface area contributed by atoms with Crippen molar-refractivity contribution in [2.24, 2.45) is 0 Å². The molecule has 19 heavy (non-hydrogen) atoms. The minimum atomic E-state index is 0.783. The van der Waals surface area contributed by atoms with Gasteiger partial charge in [-0.2, -0.15) is 5.10 Å². The second-order valence-corrected chi connectivity index (χ2v) is 5.63. The fourth-order valence-electron chi connectivity index (χ4n) is 2.30. The van der Waals surface area contributed by atoms with Crippen LogP contribution in [0.25, 0.3) is 0 Å². The number of nitrogen functional groups attached to an aromatic ring is 1. The molecule has 1 aliphatic heterocycles. The van der Waals surface area contributed by atoms with E-state index in [0.717, 1.165) is 36.9 Å². The van der Waals surface area contributed by atoms with Crippen molar-refractivity contribution in [2.45, 2.75) is 24.9 Å². The van der Waals surface area contributed by atoms with Crippen LogP contribution >= 0.6 is 11.8 Å². The first-order chi connectivity index (χ1) is 9.28. The largest absolute Gasteiger partial charge is 0.399 e. The van der Waals surface area contributed by atoms with Crippen molar-refractivity contribution in [3.05, 3.63) is 30.4 Å². The predicted molar refractivity (Wildman–Crippen MR) is 78.3 cm³/mol. The first-order valence-electron chi connectivity index (χ1n) is 6.42. The average Bonchev–Trinajstić information content (AvgIpc) is 2.87. The Morgan fingerprint density at radius 3 is 3.16 bits per heavy atom. The fraction of sp³-hybridized carbons (Fsp3) is 0.385. The third-order valence-electron chi connectivity index (χ3n) is 3.27. The van der Waals surface area contributed by atoms with Gasteiger partial charge in [0.25, 0.3) is 0 Å². The van der Waals surface area contributed by atoms with Crippen molar-refractivity contribution < 1.29 is 0 Å². The van der Waals surface area contributed by atoms with Gasteiger partial charge in [0.15, 0.2) is 0 Å².